The van der Waals surface area contributed by atoms with Gasteiger partial charge in [-0.3, -0.25) is 4.79 Å². The van der Waals surface area contributed by atoms with Gasteiger partial charge in [0.2, 0.25) is 0 Å². The lowest BCUT2D eigenvalue weighted by atomic mass is 10.1. The molecular weight excluding hydrogens is 348 g/mol. The van der Waals surface area contributed by atoms with Crippen molar-refractivity contribution in [3.8, 4) is 11.5 Å². The summed E-state index contributed by atoms with van der Waals surface area (Å²) in [6.45, 7) is 1.75. The minimum atomic E-state index is -1.02. The molecule has 138 valence electrons. The fraction of sp³-hybridized carbons (Fsp3) is 0.150. The number of anilines is 1. The molecule has 0 saturated heterocycles. The fourth-order valence-corrected chi connectivity index (χ4v) is 2.71. The van der Waals surface area contributed by atoms with E-state index in [4.69, 9.17) is 14.6 Å². The number of hydrogen-bond donors (Lipinski definition) is 1. The molecule has 0 aromatic heterocycles. The van der Waals surface area contributed by atoms with Gasteiger partial charge in [0.05, 0.1) is 36.8 Å². The second-order valence-corrected chi connectivity index (χ2v) is 5.83. The molecule has 7 heteroatoms. The topological polar surface area (TPSA) is 88.4 Å². The highest BCUT2D eigenvalue weighted by Crippen LogP contribution is 2.30. The number of ether oxygens (including phenoxy) is 2. The van der Waals surface area contributed by atoms with Crippen molar-refractivity contribution in [1.29, 1.82) is 0 Å². The zero-order valence-corrected chi connectivity index (χ0v) is 15.1. The summed E-state index contributed by atoms with van der Waals surface area (Å²) in [7, 11) is 3.10. The molecule has 1 aliphatic heterocycles. The maximum Gasteiger partial charge on any atom is 0.335 e. The van der Waals surface area contributed by atoms with Crippen LogP contribution in [0.15, 0.2) is 53.1 Å². The van der Waals surface area contributed by atoms with Crippen molar-refractivity contribution in [3.05, 3.63) is 59.2 Å². The first kappa shape index (κ1) is 18.2. The fourth-order valence-electron chi connectivity index (χ4n) is 2.71. The van der Waals surface area contributed by atoms with Crippen LogP contribution in [0.1, 0.15) is 22.8 Å². The predicted octanol–water partition coefficient (Wildman–Crippen LogP) is 3.21. The van der Waals surface area contributed by atoms with Crippen molar-refractivity contribution in [2.45, 2.75) is 6.92 Å². The lowest BCUT2D eigenvalue weighted by Crippen LogP contribution is -2.21. The van der Waals surface area contributed by atoms with Crippen LogP contribution in [0, 0.1) is 0 Å². The Balaban J connectivity index is 1.91. The summed E-state index contributed by atoms with van der Waals surface area (Å²) < 4.78 is 10.5. The molecule has 27 heavy (non-hydrogen) atoms. The standard InChI is InChI=1S/C20H18N2O5/c1-12-16(10-13-4-9-17(26-2)18(11-13)27-3)19(23)22(21-12)15-7-5-14(6-8-15)20(24)25/h4-11H,1-3H3,(H,24,25). The number of nitrogens with zero attached hydrogens (tertiary/aromatic N) is 2. The molecule has 0 unspecified atom stereocenters. The van der Waals surface area contributed by atoms with Crippen LogP contribution in [0.4, 0.5) is 5.69 Å². The average Bonchev–Trinajstić information content (AvgIpc) is 2.96. The largest absolute Gasteiger partial charge is 0.493 e. The Morgan fingerprint density at radius 1 is 1.07 bits per heavy atom. The normalized spacial score (nSPS) is 15.1. The summed E-state index contributed by atoms with van der Waals surface area (Å²) in [5.74, 6) is -0.149. The van der Waals surface area contributed by atoms with Gasteiger partial charge in [-0.15, -0.1) is 0 Å². The van der Waals surface area contributed by atoms with Crippen molar-refractivity contribution in [2.75, 3.05) is 19.2 Å². The predicted molar refractivity (Wildman–Crippen MR) is 102 cm³/mol. The number of amides is 1. The average molecular weight is 366 g/mol. The number of carbonyl (C=O) groups is 2. The first-order valence-corrected chi connectivity index (χ1v) is 8.11. The van der Waals surface area contributed by atoms with Gasteiger partial charge in [0.1, 0.15) is 0 Å². The summed E-state index contributed by atoms with van der Waals surface area (Å²) in [6.07, 6.45) is 1.73. The number of hydrazone groups is 1. The Bertz CT molecular complexity index is 961. The zero-order valence-electron chi connectivity index (χ0n) is 15.1. The monoisotopic (exact) mass is 366 g/mol. The molecule has 7 nitrogen and oxygen atoms in total. The first-order chi connectivity index (χ1) is 12.9. The number of carbonyl (C=O) groups excluding carboxylic acids is 1. The van der Waals surface area contributed by atoms with E-state index in [0.29, 0.717) is 28.5 Å². The van der Waals surface area contributed by atoms with Gasteiger partial charge in [0, 0.05) is 0 Å². The number of rotatable bonds is 5. The third-order valence-electron chi connectivity index (χ3n) is 4.14. The molecule has 2 aromatic carbocycles. The van der Waals surface area contributed by atoms with E-state index in [1.165, 1.54) is 17.1 Å². The second-order valence-electron chi connectivity index (χ2n) is 5.83. The van der Waals surface area contributed by atoms with Gasteiger partial charge in [0.15, 0.2) is 11.5 Å². The van der Waals surface area contributed by atoms with E-state index in [1.807, 2.05) is 6.07 Å². The van der Waals surface area contributed by atoms with Crippen molar-refractivity contribution in [1.82, 2.24) is 0 Å². The lowest BCUT2D eigenvalue weighted by Gasteiger charge is -2.12. The Labute approximate surface area is 156 Å². The Morgan fingerprint density at radius 2 is 1.74 bits per heavy atom. The van der Waals surface area contributed by atoms with Gasteiger partial charge in [-0.2, -0.15) is 10.1 Å². The molecule has 1 N–H and O–H groups in total. The Morgan fingerprint density at radius 3 is 2.33 bits per heavy atom. The molecule has 0 fully saturated rings. The van der Waals surface area contributed by atoms with Crippen molar-refractivity contribution < 1.29 is 24.2 Å². The maximum absolute atomic E-state index is 12.8. The number of aromatic carboxylic acids is 1. The molecule has 0 spiro atoms. The van der Waals surface area contributed by atoms with Crippen LogP contribution in [0.5, 0.6) is 11.5 Å². The van der Waals surface area contributed by atoms with Gasteiger partial charge in [-0.05, 0) is 55.0 Å². The van der Waals surface area contributed by atoms with E-state index in [2.05, 4.69) is 5.10 Å². The number of carboxylic acid groups (broad SMARTS) is 1. The summed E-state index contributed by atoms with van der Waals surface area (Å²) in [6, 6.07) is 11.3. The van der Waals surface area contributed by atoms with E-state index in [9.17, 15) is 9.59 Å². The summed E-state index contributed by atoms with van der Waals surface area (Å²) in [5.41, 5.74) is 2.43. The molecular formula is C20H18N2O5. The van der Waals surface area contributed by atoms with Gasteiger partial charge >= 0.3 is 5.97 Å². The Hall–Kier alpha value is -3.61. The maximum atomic E-state index is 12.8. The molecule has 3 rings (SSSR count). The number of methoxy groups -OCH3 is 2. The van der Waals surface area contributed by atoms with Crippen LogP contribution >= 0.6 is 0 Å². The van der Waals surface area contributed by atoms with Crippen LogP contribution in [0.2, 0.25) is 0 Å². The Kier molecular flexibility index (Phi) is 4.94. The highest BCUT2D eigenvalue weighted by molar-refractivity contribution is 6.32. The van der Waals surface area contributed by atoms with E-state index in [1.54, 1.807) is 51.5 Å². The summed E-state index contributed by atoms with van der Waals surface area (Å²) in [4.78, 5) is 23.8. The molecule has 0 radical (unpaired) electrons. The smallest absolute Gasteiger partial charge is 0.335 e. The van der Waals surface area contributed by atoms with Crippen molar-refractivity contribution in [3.63, 3.8) is 0 Å². The first-order valence-electron chi connectivity index (χ1n) is 8.11. The van der Waals surface area contributed by atoms with Crippen LogP contribution in [-0.2, 0) is 4.79 Å². The molecule has 1 heterocycles. The molecule has 1 amide bonds. The molecule has 0 aliphatic carbocycles. The van der Waals surface area contributed by atoms with Crippen LogP contribution in [0.3, 0.4) is 0 Å². The molecule has 0 atom stereocenters. The molecule has 0 saturated carbocycles. The van der Waals surface area contributed by atoms with E-state index in [0.717, 1.165) is 5.56 Å². The molecule has 0 bridgehead atoms. The zero-order chi connectivity index (χ0) is 19.6. The summed E-state index contributed by atoms with van der Waals surface area (Å²) in [5, 5.41) is 14.5. The lowest BCUT2D eigenvalue weighted by molar-refractivity contribution is -0.114. The van der Waals surface area contributed by atoms with Gasteiger partial charge in [-0.1, -0.05) is 6.07 Å². The van der Waals surface area contributed by atoms with Gasteiger partial charge in [-0.25, -0.2) is 4.79 Å². The quantitative estimate of drug-likeness (QED) is 0.821. The second kappa shape index (κ2) is 7.33. The van der Waals surface area contributed by atoms with Crippen LogP contribution < -0.4 is 14.5 Å². The minimum absolute atomic E-state index is 0.146. The molecule has 1 aliphatic rings. The van der Waals surface area contributed by atoms with E-state index in [-0.39, 0.29) is 11.5 Å². The van der Waals surface area contributed by atoms with Crippen molar-refractivity contribution in [2.24, 2.45) is 5.10 Å². The highest BCUT2D eigenvalue weighted by atomic mass is 16.5. The minimum Gasteiger partial charge on any atom is -0.493 e. The van der Waals surface area contributed by atoms with Gasteiger partial charge in [0.25, 0.3) is 5.91 Å². The summed E-state index contributed by atoms with van der Waals surface area (Å²) >= 11 is 0. The number of carboxylic acids is 1. The number of benzene rings is 2. The number of hydrogen-bond acceptors (Lipinski definition) is 5. The van der Waals surface area contributed by atoms with Crippen LogP contribution in [0.25, 0.3) is 6.08 Å². The van der Waals surface area contributed by atoms with E-state index < -0.39 is 5.97 Å². The molecule has 2 aromatic rings. The van der Waals surface area contributed by atoms with Crippen LogP contribution in [-0.4, -0.2) is 36.9 Å². The third kappa shape index (κ3) is 3.52. The van der Waals surface area contributed by atoms with Crippen molar-refractivity contribution >= 4 is 29.4 Å². The SMILES string of the molecule is COc1ccc(C=C2C(=O)N(c3ccc(C(=O)O)cc3)N=C2C)cc1OC. The highest BCUT2D eigenvalue weighted by Gasteiger charge is 2.28. The van der Waals surface area contributed by atoms with Gasteiger partial charge < -0.3 is 14.6 Å². The van der Waals surface area contributed by atoms with E-state index >= 15 is 0 Å². The third-order valence-corrected chi connectivity index (χ3v) is 4.14.